The lowest BCUT2D eigenvalue weighted by Gasteiger charge is -2.27. The van der Waals surface area contributed by atoms with Crippen molar-refractivity contribution in [3.05, 3.63) is 58.4 Å². The van der Waals surface area contributed by atoms with Gasteiger partial charge in [0, 0.05) is 42.1 Å². The van der Waals surface area contributed by atoms with Crippen molar-refractivity contribution in [2.24, 2.45) is 4.99 Å². The van der Waals surface area contributed by atoms with E-state index in [4.69, 9.17) is 0 Å². The fraction of sp³-hybridized carbons (Fsp3) is 0.409. The third-order valence-corrected chi connectivity index (χ3v) is 6.47. The fourth-order valence-electron chi connectivity index (χ4n) is 4.01. The van der Waals surface area contributed by atoms with Gasteiger partial charge in [-0.2, -0.15) is 0 Å². The summed E-state index contributed by atoms with van der Waals surface area (Å²) in [6, 6.07) is 13.3. The standard InChI is InChI=1S/C22H29N5S.HI/c1-23-22(24-11-10-17-15-25-19-8-3-2-7-18(17)19)26-16-20(21-9-6-14-28-21)27-12-4-5-13-27;/h2-3,6-9,14-15,20,25H,4-5,10-13,16H2,1H3,(H2,23,24,26);1H. The number of aromatic amines is 1. The molecule has 156 valence electrons. The highest BCUT2D eigenvalue weighted by Crippen LogP contribution is 2.27. The Morgan fingerprint density at radius 2 is 2.00 bits per heavy atom. The topological polar surface area (TPSA) is 55.5 Å². The first-order valence-corrected chi connectivity index (χ1v) is 11.0. The molecular weight excluding hydrogens is 493 g/mol. The summed E-state index contributed by atoms with van der Waals surface area (Å²) in [7, 11) is 1.84. The van der Waals surface area contributed by atoms with Crippen molar-refractivity contribution in [3.63, 3.8) is 0 Å². The number of nitrogens with one attached hydrogen (secondary N) is 3. The van der Waals surface area contributed by atoms with Crippen molar-refractivity contribution in [2.75, 3.05) is 33.2 Å². The Bertz CT molecular complexity index is 899. The molecule has 7 heteroatoms. The Morgan fingerprint density at radius 1 is 1.17 bits per heavy atom. The van der Waals surface area contributed by atoms with Crippen molar-refractivity contribution in [1.82, 2.24) is 20.5 Å². The minimum atomic E-state index is 0. The van der Waals surface area contributed by atoms with Crippen LogP contribution in [0.5, 0.6) is 0 Å². The van der Waals surface area contributed by atoms with E-state index in [1.54, 1.807) is 0 Å². The second kappa shape index (κ2) is 11.0. The molecule has 2 aromatic heterocycles. The van der Waals surface area contributed by atoms with Crippen LogP contribution in [0.3, 0.4) is 0 Å². The lowest BCUT2D eigenvalue weighted by atomic mass is 10.1. The maximum Gasteiger partial charge on any atom is 0.191 e. The molecule has 5 nitrogen and oxygen atoms in total. The summed E-state index contributed by atoms with van der Waals surface area (Å²) in [5, 5.41) is 10.5. The van der Waals surface area contributed by atoms with Gasteiger partial charge in [0.2, 0.25) is 0 Å². The van der Waals surface area contributed by atoms with E-state index in [0.29, 0.717) is 6.04 Å². The summed E-state index contributed by atoms with van der Waals surface area (Å²) in [6.07, 6.45) is 5.69. The third kappa shape index (κ3) is 5.52. The van der Waals surface area contributed by atoms with Crippen LogP contribution in [0.4, 0.5) is 0 Å². The van der Waals surface area contributed by atoms with E-state index in [9.17, 15) is 0 Å². The first kappa shape index (κ1) is 22.1. The molecule has 1 aliphatic rings. The Balaban J connectivity index is 0.00000240. The maximum atomic E-state index is 4.42. The minimum absolute atomic E-state index is 0. The molecule has 1 atom stereocenters. The van der Waals surface area contributed by atoms with Crippen LogP contribution in [0.15, 0.2) is 53.0 Å². The molecule has 3 aromatic rings. The number of guanidine groups is 1. The van der Waals surface area contributed by atoms with Gasteiger partial charge < -0.3 is 15.6 Å². The average molecular weight is 523 g/mol. The zero-order valence-corrected chi connectivity index (χ0v) is 20.0. The zero-order chi connectivity index (χ0) is 19.2. The summed E-state index contributed by atoms with van der Waals surface area (Å²) in [5.74, 6) is 0.876. The number of hydrogen-bond donors (Lipinski definition) is 3. The number of likely N-dealkylation sites (tertiary alicyclic amines) is 1. The monoisotopic (exact) mass is 523 g/mol. The number of hydrogen-bond acceptors (Lipinski definition) is 3. The van der Waals surface area contributed by atoms with E-state index in [1.807, 2.05) is 18.4 Å². The number of thiophene rings is 1. The number of H-pyrrole nitrogens is 1. The van der Waals surface area contributed by atoms with E-state index < -0.39 is 0 Å². The molecule has 1 unspecified atom stereocenters. The number of nitrogens with zero attached hydrogens (tertiary/aromatic N) is 2. The quantitative estimate of drug-likeness (QED) is 0.245. The summed E-state index contributed by atoms with van der Waals surface area (Å²) < 4.78 is 0. The minimum Gasteiger partial charge on any atom is -0.361 e. The van der Waals surface area contributed by atoms with Crippen molar-refractivity contribution in [3.8, 4) is 0 Å². The molecule has 0 amide bonds. The largest absolute Gasteiger partial charge is 0.361 e. The van der Waals surface area contributed by atoms with Crippen LogP contribution in [0, 0.1) is 0 Å². The van der Waals surface area contributed by atoms with Gasteiger partial charge in [0.05, 0.1) is 6.04 Å². The summed E-state index contributed by atoms with van der Waals surface area (Å²) in [5.41, 5.74) is 2.54. The van der Waals surface area contributed by atoms with Gasteiger partial charge in [0.15, 0.2) is 5.96 Å². The molecule has 3 heterocycles. The lowest BCUT2D eigenvalue weighted by Crippen LogP contribution is -2.43. The molecule has 29 heavy (non-hydrogen) atoms. The Labute approximate surface area is 194 Å². The van der Waals surface area contributed by atoms with Gasteiger partial charge in [-0.1, -0.05) is 24.3 Å². The number of para-hydroxylation sites is 1. The molecule has 0 aliphatic carbocycles. The van der Waals surface area contributed by atoms with Crippen molar-refractivity contribution >= 4 is 52.2 Å². The van der Waals surface area contributed by atoms with Crippen LogP contribution in [0.1, 0.15) is 29.3 Å². The predicted octanol–water partition coefficient (Wildman–Crippen LogP) is 4.39. The molecule has 3 N–H and O–H groups in total. The predicted molar refractivity (Wildman–Crippen MR) is 135 cm³/mol. The average Bonchev–Trinajstić information content (AvgIpc) is 3.49. The van der Waals surface area contributed by atoms with Gasteiger partial charge in [-0.3, -0.25) is 9.89 Å². The normalized spacial score (nSPS) is 16.0. The van der Waals surface area contributed by atoms with Crippen LogP contribution < -0.4 is 10.6 Å². The number of aliphatic imine (C=N–C) groups is 1. The van der Waals surface area contributed by atoms with Crippen molar-refractivity contribution < 1.29 is 0 Å². The molecule has 1 fully saturated rings. The molecule has 1 aliphatic heterocycles. The molecule has 0 spiro atoms. The fourth-order valence-corrected chi connectivity index (χ4v) is 4.87. The van der Waals surface area contributed by atoms with E-state index in [-0.39, 0.29) is 24.0 Å². The Kier molecular flexibility index (Phi) is 8.38. The molecular formula is C22H30IN5S. The van der Waals surface area contributed by atoms with Crippen molar-refractivity contribution in [2.45, 2.75) is 25.3 Å². The first-order valence-electron chi connectivity index (χ1n) is 10.1. The van der Waals surface area contributed by atoms with Crippen LogP contribution in [-0.4, -0.2) is 49.1 Å². The van der Waals surface area contributed by atoms with Gasteiger partial charge in [-0.05, 0) is 55.4 Å². The van der Waals surface area contributed by atoms with Crippen LogP contribution >= 0.6 is 35.3 Å². The Morgan fingerprint density at radius 3 is 2.76 bits per heavy atom. The highest BCUT2D eigenvalue weighted by Gasteiger charge is 2.24. The van der Waals surface area contributed by atoms with Crippen LogP contribution in [0.2, 0.25) is 0 Å². The summed E-state index contributed by atoms with van der Waals surface area (Å²) in [6.45, 7) is 4.12. The molecule has 0 radical (unpaired) electrons. The van der Waals surface area contributed by atoms with Gasteiger partial charge in [-0.25, -0.2) is 0 Å². The number of fused-ring (bicyclic) bond motifs is 1. The first-order chi connectivity index (χ1) is 13.8. The number of rotatable bonds is 7. The molecule has 1 saturated heterocycles. The highest BCUT2D eigenvalue weighted by atomic mass is 127. The van der Waals surface area contributed by atoms with Gasteiger partial charge in [0.1, 0.15) is 0 Å². The summed E-state index contributed by atoms with van der Waals surface area (Å²) in [4.78, 5) is 11.8. The van der Waals surface area contributed by atoms with E-state index in [1.165, 1.54) is 47.3 Å². The molecule has 1 aromatic carbocycles. The molecule has 0 saturated carbocycles. The van der Waals surface area contributed by atoms with Crippen LogP contribution in [-0.2, 0) is 6.42 Å². The second-order valence-electron chi connectivity index (χ2n) is 7.26. The smallest absolute Gasteiger partial charge is 0.191 e. The number of halogens is 1. The maximum absolute atomic E-state index is 4.42. The van der Waals surface area contributed by atoms with Gasteiger partial charge in [0.25, 0.3) is 0 Å². The van der Waals surface area contributed by atoms with Crippen LogP contribution in [0.25, 0.3) is 10.9 Å². The SMILES string of the molecule is CN=C(NCCc1c[nH]c2ccccc12)NCC(c1cccs1)N1CCCC1.I. The van der Waals surface area contributed by atoms with Gasteiger partial charge >= 0.3 is 0 Å². The van der Waals surface area contributed by atoms with E-state index in [0.717, 1.165) is 25.5 Å². The number of aromatic nitrogens is 1. The summed E-state index contributed by atoms with van der Waals surface area (Å²) >= 11 is 1.85. The van der Waals surface area contributed by atoms with Crippen molar-refractivity contribution in [1.29, 1.82) is 0 Å². The van der Waals surface area contributed by atoms with E-state index >= 15 is 0 Å². The lowest BCUT2D eigenvalue weighted by molar-refractivity contribution is 0.249. The highest BCUT2D eigenvalue weighted by molar-refractivity contribution is 14.0. The molecule has 4 rings (SSSR count). The second-order valence-corrected chi connectivity index (χ2v) is 8.24. The zero-order valence-electron chi connectivity index (χ0n) is 16.9. The Hall–Kier alpha value is -1.58. The van der Waals surface area contributed by atoms with E-state index in [2.05, 4.69) is 73.5 Å². The third-order valence-electron chi connectivity index (χ3n) is 5.50. The number of benzene rings is 1. The molecule has 0 bridgehead atoms. The van der Waals surface area contributed by atoms with Gasteiger partial charge in [-0.15, -0.1) is 35.3 Å².